The third-order valence-electron chi connectivity index (χ3n) is 4.41. The van der Waals surface area contributed by atoms with E-state index >= 15 is 0 Å². The second-order valence-corrected chi connectivity index (χ2v) is 7.51. The Morgan fingerprint density at radius 2 is 2.04 bits per heavy atom. The van der Waals surface area contributed by atoms with Crippen molar-refractivity contribution in [3.63, 3.8) is 0 Å². The van der Waals surface area contributed by atoms with Gasteiger partial charge in [-0.3, -0.25) is 4.99 Å². The van der Waals surface area contributed by atoms with Crippen molar-refractivity contribution in [3.8, 4) is 0 Å². The van der Waals surface area contributed by atoms with Crippen LogP contribution < -0.4 is 10.6 Å². The Hall–Kier alpha value is -1.65. The molecule has 2 heterocycles. The van der Waals surface area contributed by atoms with Crippen LogP contribution in [0.3, 0.4) is 0 Å². The topological polar surface area (TPSA) is 123 Å². The van der Waals surface area contributed by atoms with Gasteiger partial charge in [-0.2, -0.15) is 0 Å². The van der Waals surface area contributed by atoms with E-state index in [1.165, 1.54) is 11.8 Å². The molecule has 5 N–H and O–H groups in total. The number of carbonyl (C=O) groups is 1. The summed E-state index contributed by atoms with van der Waals surface area (Å²) in [5.41, 5.74) is 0.677. The summed E-state index contributed by atoms with van der Waals surface area (Å²) in [5, 5.41) is 35.7. The number of rotatable bonds is 6. The largest absolute Gasteiger partial charge is 0.465 e. The van der Waals surface area contributed by atoms with Gasteiger partial charge in [-0.05, 0) is 12.5 Å². The van der Waals surface area contributed by atoms with Gasteiger partial charge in [0.25, 0.3) is 0 Å². The number of amides is 1. The first-order valence-electron chi connectivity index (χ1n) is 8.45. The van der Waals surface area contributed by atoms with Gasteiger partial charge in [-0.25, -0.2) is 4.79 Å². The number of benzene rings is 1. The molecule has 0 radical (unpaired) electrons. The van der Waals surface area contributed by atoms with Gasteiger partial charge < -0.3 is 30.7 Å². The maximum atomic E-state index is 10.8. The quantitative estimate of drug-likeness (QED) is 0.483. The minimum absolute atomic E-state index is 0.384. The Morgan fingerprint density at radius 3 is 2.73 bits per heavy atom. The first-order valence-corrected chi connectivity index (χ1v) is 9.33. The number of nitrogens with zero attached hydrogens (tertiary/aromatic N) is 1. The number of thioether (sulfide) groups is 1. The lowest BCUT2D eigenvalue weighted by Gasteiger charge is -2.38. The van der Waals surface area contributed by atoms with Crippen LogP contribution in [-0.4, -0.2) is 68.8 Å². The van der Waals surface area contributed by atoms with Crippen molar-refractivity contribution in [2.24, 2.45) is 4.99 Å². The highest BCUT2D eigenvalue weighted by Gasteiger charge is 2.48. The molecule has 1 aromatic rings. The van der Waals surface area contributed by atoms with E-state index in [1.54, 1.807) is 6.92 Å². The first-order chi connectivity index (χ1) is 12.5. The number of nitrogens with one attached hydrogen (secondary N) is 2. The van der Waals surface area contributed by atoms with E-state index in [0.29, 0.717) is 18.1 Å². The van der Waals surface area contributed by atoms with E-state index < -0.39 is 41.9 Å². The fourth-order valence-electron chi connectivity index (χ4n) is 3.03. The minimum Gasteiger partial charge on any atom is -0.465 e. The molecule has 26 heavy (non-hydrogen) atoms. The molecule has 0 aromatic heterocycles. The molecule has 3 rings (SSSR count). The molecule has 1 unspecified atom stereocenters. The van der Waals surface area contributed by atoms with Crippen LogP contribution in [0.2, 0.25) is 0 Å². The number of aliphatic hydroxyl groups is 2. The standard InChI is InChI=1S/C17H23N3O5S/c1-9(19-17(23)24)15-20-12-14(22)13(21)11(25-16(12)26-15)8-18-7-10-5-3-2-4-6-10/h2-6,9,11-14,16,18-19,21-22H,7-8H2,1H3,(H,23,24)/t9?,11-,12-,13-,14-,16-/m1/s1. The second-order valence-electron chi connectivity index (χ2n) is 6.39. The molecule has 2 aliphatic rings. The summed E-state index contributed by atoms with van der Waals surface area (Å²) in [6.45, 7) is 2.69. The van der Waals surface area contributed by atoms with Crippen molar-refractivity contribution in [1.29, 1.82) is 0 Å². The number of aliphatic imine (C=N–C) groups is 1. The van der Waals surface area contributed by atoms with Crippen LogP contribution in [0, 0.1) is 0 Å². The molecule has 6 atom stereocenters. The SMILES string of the molecule is CC(NC(=O)O)C1=N[C@@H]2[C@@H](O)[C@H](O)[C@@H](CNCc3ccccc3)O[C@@H]2S1. The van der Waals surface area contributed by atoms with Gasteiger partial charge in [0, 0.05) is 13.1 Å². The molecule has 1 amide bonds. The molecular formula is C17H23N3O5S. The van der Waals surface area contributed by atoms with Crippen molar-refractivity contribution >= 4 is 22.9 Å². The Kier molecular flexibility index (Phi) is 6.15. The maximum Gasteiger partial charge on any atom is 0.405 e. The lowest BCUT2D eigenvalue weighted by molar-refractivity contribution is -0.150. The van der Waals surface area contributed by atoms with E-state index in [0.717, 1.165) is 5.56 Å². The van der Waals surface area contributed by atoms with E-state index in [2.05, 4.69) is 15.6 Å². The molecule has 1 saturated heterocycles. The van der Waals surface area contributed by atoms with Crippen LogP contribution in [0.25, 0.3) is 0 Å². The summed E-state index contributed by atoms with van der Waals surface area (Å²) < 4.78 is 5.92. The molecule has 1 fully saturated rings. The Morgan fingerprint density at radius 1 is 1.31 bits per heavy atom. The maximum absolute atomic E-state index is 10.8. The number of aliphatic hydroxyl groups excluding tert-OH is 2. The monoisotopic (exact) mass is 381 g/mol. The number of ether oxygens (including phenoxy) is 1. The lowest BCUT2D eigenvalue weighted by Crippen LogP contribution is -2.57. The summed E-state index contributed by atoms with van der Waals surface area (Å²) in [6.07, 6.45) is -3.83. The molecule has 0 saturated carbocycles. The summed E-state index contributed by atoms with van der Waals surface area (Å²) >= 11 is 1.29. The molecule has 0 spiro atoms. The fourth-order valence-corrected chi connectivity index (χ4v) is 4.27. The predicted octanol–water partition coefficient (Wildman–Crippen LogP) is 0.393. The van der Waals surface area contributed by atoms with Gasteiger partial charge in [0.05, 0.1) is 11.1 Å². The van der Waals surface area contributed by atoms with E-state index in [1.807, 2.05) is 30.3 Å². The molecule has 0 aliphatic carbocycles. The molecule has 8 nitrogen and oxygen atoms in total. The lowest BCUT2D eigenvalue weighted by atomic mass is 9.98. The van der Waals surface area contributed by atoms with Gasteiger partial charge >= 0.3 is 6.09 Å². The molecule has 0 bridgehead atoms. The number of hydrogen-bond donors (Lipinski definition) is 5. The van der Waals surface area contributed by atoms with E-state index in [4.69, 9.17) is 9.84 Å². The second kappa shape index (κ2) is 8.36. The van der Waals surface area contributed by atoms with Crippen LogP contribution in [-0.2, 0) is 11.3 Å². The van der Waals surface area contributed by atoms with E-state index in [9.17, 15) is 15.0 Å². The highest BCUT2D eigenvalue weighted by atomic mass is 32.2. The van der Waals surface area contributed by atoms with Crippen LogP contribution in [0.5, 0.6) is 0 Å². The van der Waals surface area contributed by atoms with Gasteiger partial charge in [0.1, 0.15) is 29.8 Å². The zero-order valence-electron chi connectivity index (χ0n) is 14.3. The zero-order valence-corrected chi connectivity index (χ0v) is 15.1. The van der Waals surface area contributed by atoms with Gasteiger partial charge in [0.2, 0.25) is 0 Å². The van der Waals surface area contributed by atoms with E-state index in [-0.39, 0.29) is 0 Å². The normalized spacial score (nSPS) is 31.8. The van der Waals surface area contributed by atoms with Gasteiger partial charge in [-0.1, -0.05) is 42.1 Å². The van der Waals surface area contributed by atoms with Crippen LogP contribution in [0.1, 0.15) is 12.5 Å². The smallest absolute Gasteiger partial charge is 0.405 e. The van der Waals surface area contributed by atoms with Crippen molar-refractivity contribution in [2.75, 3.05) is 6.54 Å². The average Bonchev–Trinajstić information content (AvgIpc) is 3.04. The third kappa shape index (κ3) is 4.36. The molecule has 9 heteroatoms. The minimum atomic E-state index is -1.14. The Balaban J connectivity index is 1.56. The highest BCUT2D eigenvalue weighted by Crippen LogP contribution is 2.37. The number of hydrogen-bond acceptors (Lipinski definition) is 7. The molecule has 1 aromatic carbocycles. The molecular weight excluding hydrogens is 358 g/mol. The van der Waals surface area contributed by atoms with Gasteiger partial charge in [-0.15, -0.1) is 0 Å². The first kappa shape index (κ1) is 19.1. The summed E-state index contributed by atoms with van der Waals surface area (Å²) in [6, 6.07) is 8.76. The Bertz CT molecular complexity index is 659. The van der Waals surface area contributed by atoms with Crippen LogP contribution >= 0.6 is 11.8 Å². The third-order valence-corrected chi connectivity index (χ3v) is 5.73. The van der Waals surface area contributed by atoms with Gasteiger partial charge in [0.15, 0.2) is 0 Å². The highest BCUT2D eigenvalue weighted by molar-refractivity contribution is 8.14. The number of carboxylic acid groups (broad SMARTS) is 1. The summed E-state index contributed by atoms with van der Waals surface area (Å²) in [5.74, 6) is 0. The van der Waals surface area contributed by atoms with Crippen molar-refractivity contribution < 1.29 is 24.9 Å². The number of fused-ring (bicyclic) bond motifs is 1. The molecule has 2 aliphatic heterocycles. The van der Waals surface area contributed by atoms with Crippen molar-refractivity contribution in [2.45, 2.75) is 49.3 Å². The van der Waals surface area contributed by atoms with Crippen LogP contribution in [0.15, 0.2) is 35.3 Å². The average molecular weight is 381 g/mol. The van der Waals surface area contributed by atoms with Crippen molar-refractivity contribution in [3.05, 3.63) is 35.9 Å². The fraction of sp³-hybridized carbons (Fsp3) is 0.529. The predicted molar refractivity (Wildman–Crippen MR) is 98.3 cm³/mol. The van der Waals surface area contributed by atoms with Crippen molar-refractivity contribution in [1.82, 2.24) is 10.6 Å². The summed E-state index contributed by atoms with van der Waals surface area (Å²) in [7, 11) is 0. The van der Waals surface area contributed by atoms with Crippen LogP contribution in [0.4, 0.5) is 4.79 Å². The molecule has 142 valence electrons. The summed E-state index contributed by atoms with van der Waals surface area (Å²) in [4.78, 5) is 15.1. The zero-order chi connectivity index (χ0) is 18.7. The Labute approximate surface area is 155 Å².